The van der Waals surface area contributed by atoms with Gasteiger partial charge < -0.3 is 15.5 Å². The quantitative estimate of drug-likeness (QED) is 0.754. The number of aromatic hydroxyl groups is 1. The molecule has 3 aromatic carbocycles. The van der Waals surface area contributed by atoms with Gasteiger partial charge in [-0.3, -0.25) is 0 Å². The summed E-state index contributed by atoms with van der Waals surface area (Å²) in [5, 5.41) is 26.0. The summed E-state index contributed by atoms with van der Waals surface area (Å²) in [4.78, 5) is 4.72. The van der Waals surface area contributed by atoms with Crippen LogP contribution in [-0.2, 0) is 0 Å². The van der Waals surface area contributed by atoms with Gasteiger partial charge in [-0.05, 0) is 23.8 Å². The maximum Gasteiger partial charge on any atom is 1.00 e. The van der Waals surface area contributed by atoms with E-state index in [4.69, 9.17) is 4.99 Å². The number of rotatable bonds is 2. The van der Waals surface area contributed by atoms with Crippen molar-refractivity contribution in [3.63, 3.8) is 0 Å². The van der Waals surface area contributed by atoms with E-state index in [2.05, 4.69) is 5.32 Å². The molecule has 0 saturated carbocycles. The number of hydrogen-bond acceptors (Lipinski definition) is 4. The van der Waals surface area contributed by atoms with Gasteiger partial charge in [0.2, 0.25) is 0 Å². The van der Waals surface area contributed by atoms with Gasteiger partial charge in [0.05, 0.1) is 23.1 Å². The Kier molecular flexibility index (Phi) is 3.43. The molecule has 0 saturated heterocycles. The fraction of sp³-hybridized carbons (Fsp3) is 0.0500. The summed E-state index contributed by atoms with van der Waals surface area (Å²) < 4.78 is 0. The van der Waals surface area contributed by atoms with Crippen LogP contribution in [0.25, 0.3) is 0 Å². The monoisotopic (exact) mass is 316 g/mol. The molecule has 4 nitrogen and oxygen atoms in total. The second kappa shape index (κ2) is 5.74. The van der Waals surface area contributed by atoms with E-state index in [0.29, 0.717) is 16.8 Å². The molecule has 1 heterocycles. The predicted molar refractivity (Wildman–Crippen MR) is 94.1 cm³/mol. The first-order valence-corrected chi connectivity index (χ1v) is 7.72. The second-order valence-electron chi connectivity index (χ2n) is 5.65. The molecule has 24 heavy (non-hydrogen) atoms. The SMILES string of the molecule is [H+].[O-]c1ccccc1C1=Nc2ccccc2N[C@@H]1c1ccccc1O. The van der Waals surface area contributed by atoms with Crippen molar-refractivity contribution in [3.05, 3.63) is 83.9 Å². The molecule has 0 amide bonds. The molecule has 0 aliphatic carbocycles. The number of anilines is 1. The Morgan fingerprint density at radius 2 is 1.62 bits per heavy atom. The largest absolute Gasteiger partial charge is 1.00 e. The zero-order valence-electron chi connectivity index (χ0n) is 13.8. The number of nitrogens with zero attached hydrogens (tertiary/aromatic N) is 1. The number of para-hydroxylation sites is 4. The Labute approximate surface area is 141 Å². The lowest BCUT2D eigenvalue weighted by Gasteiger charge is -2.30. The van der Waals surface area contributed by atoms with E-state index in [1.807, 2.05) is 42.5 Å². The van der Waals surface area contributed by atoms with Crippen LogP contribution in [0.1, 0.15) is 18.6 Å². The van der Waals surface area contributed by atoms with Crippen LogP contribution in [0.3, 0.4) is 0 Å². The molecule has 3 aromatic rings. The Morgan fingerprint density at radius 1 is 0.917 bits per heavy atom. The van der Waals surface area contributed by atoms with Gasteiger partial charge >= 0.3 is 1.43 Å². The topological polar surface area (TPSA) is 67.7 Å². The number of phenols is 1. The van der Waals surface area contributed by atoms with Crippen molar-refractivity contribution in [2.24, 2.45) is 4.99 Å². The maximum absolute atomic E-state index is 12.3. The molecule has 0 spiro atoms. The summed E-state index contributed by atoms with van der Waals surface area (Å²) in [5.41, 5.74) is 3.49. The molecule has 4 rings (SSSR count). The van der Waals surface area contributed by atoms with E-state index in [0.717, 1.165) is 11.4 Å². The van der Waals surface area contributed by atoms with E-state index >= 15 is 0 Å². The fourth-order valence-corrected chi connectivity index (χ4v) is 2.96. The van der Waals surface area contributed by atoms with E-state index in [1.165, 1.54) is 6.07 Å². The van der Waals surface area contributed by atoms with E-state index in [9.17, 15) is 10.2 Å². The summed E-state index contributed by atoms with van der Waals surface area (Å²) in [7, 11) is 0. The van der Waals surface area contributed by atoms with Crippen molar-refractivity contribution in [1.29, 1.82) is 0 Å². The minimum atomic E-state index is -0.392. The first kappa shape index (κ1) is 14.3. The van der Waals surface area contributed by atoms with E-state index in [1.54, 1.807) is 24.3 Å². The molecule has 0 unspecified atom stereocenters. The zero-order valence-corrected chi connectivity index (χ0v) is 12.8. The summed E-state index contributed by atoms with van der Waals surface area (Å²) >= 11 is 0. The molecule has 0 aromatic heterocycles. The van der Waals surface area contributed by atoms with Gasteiger partial charge in [-0.25, -0.2) is 4.99 Å². The molecule has 118 valence electrons. The fourth-order valence-electron chi connectivity index (χ4n) is 2.96. The Bertz CT molecular complexity index is 940. The highest BCUT2D eigenvalue weighted by atomic mass is 16.3. The molecule has 2 N–H and O–H groups in total. The van der Waals surface area contributed by atoms with Gasteiger partial charge in [0, 0.05) is 5.56 Å². The van der Waals surface area contributed by atoms with Crippen LogP contribution in [0, 0.1) is 0 Å². The average Bonchev–Trinajstić information content (AvgIpc) is 2.62. The highest BCUT2D eigenvalue weighted by Crippen LogP contribution is 2.39. The average molecular weight is 316 g/mol. The van der Waals surface area contributed by atoms with Crippen LogP contribution in [0.4, 0.5) is 11.4 Å². The first-order valence-electron chi connectivity index (χ1n) is 7.72. The van der Waals surface area contributed by atoms with Crippen LogP contribution in [-0.4, -0.2) is 10.8 Å². The minimum absolute atomic E-state index is 0. The third-order valence-corrected chi connectivity index (χ3v) is 4.13. The normalized spacial score (nSPS) is 16.0. The molecular weight excluding hydrogens is 300 g/mol. The number of benzene rings is 3. The van der Waals surface area contributed by atoms with Crippen molar-refractivity contribution < 1.29 is 11.6 Å². The standard InChI is InChI=1S/C20H16N2O2/c23-17-11-5-1-7-13(17)19-20(14-8-2-6-12-18(14)24)22-16-10-4-3-9-15(16)21-19/h1-12,19,21,23-24H/t19-/m1/s1. The van der Waals surface area contributed by atoms with Gasteiger partial charge in [-0.2, -0.15) is 0 Å². The van der Waals surface area contributed by atoms with Crippen molar-refractivity contribution in [3.8, 4) is 11.5 Å². The van der Waals surface area contributed by atoms with Gasteiger partial charge in [0.1, 0.15) is 5.75 Å². The first-order chi connectivity index (χ1) is 11.7. The number of hydrogen-bond donors (Lipinski definition) is 2. The second-order valence-corrected chi connectivity index (χ2v) is 5.65. The summed E-state index contributed by atoms with van der Waals surface area (Å²) in [6, 6.07) is 21.2. The van der Waals surface area contributed by atoms with Crippen molar-refractivity contribution >= 4 is 17.1 Å². The number of aliphatic imine (C=N–C) groups is 1. The summed E-state index contributed by atoms with van der Waals surface area (Å²) in [6.45, 7) is 0. The Balaban J connectivity index is 0.00000182. The van der Waals surface area contributed by atoms with Crippen molar-refractivity contribution in [1.82, 2.24) is 0 Å². The van der Waals surface area contributed by atoms with Crippen molar-refractivity contribution in [2.75, 3.05) is 5.32 Å². The molecule has 1 atom stereocenters. The number of phenolic OH excluding ortho intramolecular Hbond substituents is 1. The third-order valence-electron chi connectivity index (χ3n) is 4.13. The maximum atomic E-state index is 12.3. The van der Waals surface area contributed by atoms with E-state index < -0.39 is 6.04 Å². The molecule has 1 aliphatic rings. The van der Waals surface area contributed by atoms with E-state index in [-0.39, 0.29) is 12.9 Å². The van der Waals surface area contributed by atoms with Crippen LogP contribution in [0.15, 0.2) is 77.8 Å². The van der Waals surface area contributed by atoms with Crippen molar-refractivity contribution in [2.45, 2.75) is 6.04 Å². The molecular formula is C20H16N2O2. The van der Waals surface area contributed by atoms with Gasteiger partial charge in [0.25, 0.3) is 0 Å². The highest BCUT2D eigenvalue weighted by molar-refractivity contribution is 6.11. The molecule has 0 radical (unpaired) electrons. The number of nitrogens with one attached hydrogen (secondary N) is 1. The molecule has 0 bridgehead atoms. The lowest BCUT2D eigenvalue weighted by molar-refractivity contribution is -0.268. The highest BCUT2D eigenvalue weighted by Gasteiger charge is 2.27. The predicted octanol–water partition coefficient (Wildman–Crippen LogP) is 3.87. The van der Waals surface area contributed by atoms with Crippen LogP contribution in [0.5, 0.6) is 11.5 Å². The third kappa shape index (κ3) is 2.38. The summed E-state index contributed by atoms with van der Waals surface area (Å²) in [6.07, 6.45) is 0. The zero-order chi connectivity index (χ0) is 16.5. The Hall–Kier alpha value is -3.27. The van der Waals surface area contributed by atoms with Gasteiger partial charge in [0.15, 0.2) is 0 Å². The van der Waals surface area contributed by atoms with Gasteiger partial charge in [-0.15, -0.1) is 0 Å². The van der Waals surface area contributed by atoms with Crippen LogP contribution < -0.4 is 10.4 Å². The smallest absolute Gasteiger partial charge is 0.872 e. The Morgan fingerprint density at radius 3 is 2.46 bits per heavy atom. The van der Waals surface area contributed by atoms with Crippen LogP contribution >= 0.6 is 0 Å². The lowest BCUT2D eigenvalue weighted by Crippen LogP contribution is -2.25. The summed E-state index contributed by atoms with van der Waals surface area (Å²) in [5.74, 6) is 0.0864. The van der Waals surface area contributed by atoms with Crippen LogP contribution in [0.2, 0.25) is 0 Å². The minimum Gasteiger partial charge on any atom is -0.872 e. The molecule has 4 heteroatoms. The van der Waals surface area contributed by atoms with Gasteiger partial charge in [-0.1, -0.05) is 60.3 Å². The molecule has 1 aliphatic heterocycles. The number of fused-ring (bicyclic) bond motifs is 1. The molecule has 0 fully saturated rings. The lowest BCUT2D eigenvalue weighted by atomic mass is 9.93.